The Kier molecular flexibility index (Phi) is 4.80. The Morgan fingerprint density at radius 3 is 2.05 bits per heavy atom. The zero-order chi connectivity index (χ0) is 14.0. The molecule has 0 heterocycles. The maximum atomic E-state index is 13.1. The average molecular weight is 386 g/mol. The Balaban J connectivity index is 2.30. The molecular weight excluding hydrogens is 371 g/mol. The minimum atomic E-state index is -0.231. The summed E-state index contributed by atoms with van der Waals surface area (Å²) in [6, 6.07) is 13.3. The molecule has 0 aliphatic rings. The molecule has 0 fully saturated rings. The molecule has 2 rings (SSSR count). The van der Waals surface area contributed by atoms with Crippen LogP contribution in [0, 0.1) is 5.82 Å². The highest BCUT2D eigenvalue weighted by Crippen LogP contribution is 2.36. The van der Waals surface area contributed by atoms with E-state index in [0.717, 1.165) is 15.6 Å². The van der Waals surface area contributed by atoms with E-state index in [1.807, 2.05) is 0 Å². The van der Waals surface area contributed by atoms with E-state index >= 15 is 0 Å². The summed E-state index contributed by atoms with van der Waals surface area (Å²) in [4.78, 5) is 0.0590. The van der Waals surface area contributed by atoms with Crippen LogP contribution in [-0.2, 0) is 0 Å². The minimum Gasteiger partial charge on any atom is -0.207 e. The summed E-state index contributed by atoms with van der Waals surface area (Å²) in [6.07, 6.45) is 0. The molecule has 0 bridgehead atoms. The average Bonchev–Trinajstić information content (AvgIpc) is 2.38. The molecule has 0 radical (unpaired) electrons. The van der Waals surface area contributed by atoms with Crippen LogP contribution in [-0.4, -0.2) is 0 Å². The lowest BCUT2D eigenvalue weighted by Crippen LogP contribution is -1.96. The van der Waals surface area contributed by atoms with Crippen molar-refractivity contribution in [2.75, 3.05) is 0 Å². The maximum absolute atomic E-state index is 13.1. The SMILES string of the molecule is CC(C)c1ccc(C(Br)c2ccc(F)cc2Br)cc1. The van der Waals surface area contributed by atoms with Gasteiger partial charge in [0.25, 0.3) is 0 Å². The third-order valence-electron chi connectivity index (χ3n) is 3.13. The van der Waals surface area contributed by atoms with Crippen LogP contribution >= 0.6 is 31.9 Å². The molecule has 0 aliphatic heterocycles. The molecule has 1 unspecified atom stereocenters. The summed E-state index contributed by atoms with van der Waals surface area (Å²) >= 11 is 7.09. The van der Waals surface area contributed by atoms with E-state index in [2.05, 4.69) is 70.0 Å². The van der Waals surface area contributed by atoms with Gasteiger partial charge in [-0.2, -0.15) is 0 Å². The van der Waals surface area contributed by atoms with Gasteiger partial charge >= 0.3 is 0 Å². The monoisotopic (exact) mass is 384 g/mol. The standard InChI is InChI=1S/C16H15Br2F/c1-10(2)11-3-5-12(6-4-11)16(18)14-8-7-13(19)9-15(14)17/h3-10,16H,1-2H3. The van der Waals surface area contributed by atoms with E-state index in [0.29, 0.717) is 5.92 Å². The Labute approximate surface area is 130 Å². The second-order valence-electron chi connectivity index (χ2n) is 4.85. The van der Waals surface area contributed by atoms with Crippen molar-refractivity contribution in [3.63, 3.8) is 0 Å². The molecule has 0 spiro atoms. The van der Waals surface area contributed by atoms with Crippen molar-refractivity contribution in [2.45, 2.75) is 24.6 Å². The van der Waals surface area contributed by atoms with Crippen LogP contribution in [0.5, 0.6) is 0 Å². The second kappa shape index (κ2) is 6.19. The highest BCUT2D eigenvalue weighted by Gasteiger charge is 2.14. The zero-order valence-electron chi connectivity index (χ0n) is 10.8. The molecule has 0 saturated heterocycles. The molecule has 3 heteroatoms. The number of hydrogen-bond acceptors (Lipinski definition) is 0. The third kappa shape index (κ3) is 3.46. The summed E-state index contributed by atoms with van der Waals surface area (Å²) in [5.41, 5.74) is 3.51. The fourth-order valence-electron chi connectivity index (χ4n) is 1.94. The first-order chi connectivity index (χ1) is 8.99. The number of benzene rings is 2. The normalized spacial score (nSPS) is 12.7. The van der Waals surface area contributed by atoms with Crippen LogP contribution < -0.4 is 0 Å². The van der Waals surface area contributed by atoms with E-state index in [1.54, 1.807) is 6.07 Å². The van der Waals surface area contributed by atoms with E-state index in [-0.39, 0.29) is 10.6 Å². The van der Waals surface area contributed by atoms with Gasteiger partial charge in [0.05, 0.1) is 4.83 Å². The van der Waals surface area contributed by atoms with Gasteiger partial charge in [-0.25, -0.2) is 4.39 Å². The van der Waals surface area contributed by atoms with Gasteiger partial charge in [0, 0.05) is 4.47 Å². The number of alkyl halides is 1. The molecule has 2 aromatic carbocycles. The summed E-state index contributed by atoms with van der Waals surface area (Å²) in [7, 11) is 0. The molecule has 0 aliphatic carbocycles. The Morgan fingerprint density at radius 1 is 0.947 bits per heavy atom. The molecule has 100 valence electrons. The third-order valence-corrected chi connectivity index (χ3v) is 4.84. The van der Waals surface area contributed by atoms with Crippen molar-refractivity contribution in [1.82, 2.24) is 0 Å². The van der Waals surface area contributed by atoms with Crippen LogP contribution in [0.15, 0.2) is 46.9 Å². The summed E-state index contributed by atoms with van der Waals surface area (Å²) in [6.45, 7) is 4.36. The second-order valence-corrected chi connectivity index (χ2v) is 6.62. The number of halogens is 3. The van der Waals surface area contributed by atoms with Gasteiger partial charge in [-0.3, -0.25) is 0 Å². The van der Waals surface area contributed by atoms with Crippen molar-refractivity contribution in [2.24, 2.45) is 0 Å². The molecule has 2 aromatic rings. The van der Waals surface area contributed by atoms with E-state index in [4.69, 9.17) is 0 Å². The van der Waals surface area contributed by atoms with Crippen molar-refractivity contribution in [3.8, 4) is 0 Å². The largest absolute Gasteiger partial charge is 0.207 e. The molecule has 0 aromatic heterocycles. The topological polar surface area (TPSA) is 0 Å². The first kappa shape index (κ1) is 14.7. The smallest absolute Gasteiger partial charge is 0.124 e. The maximum Gasteiger partial charge on any atom is 0.124 e. The van der Waals surface area contributed by atoms with Crippen molar-refractivity contribution in [1.29, 1.82) is 0 Å². The van der Waals surface area contributed by atoms with Crippen LogP contribution in [0.25, 0.3) is 0 Å². The highest BCUT2D eigenvalue weighted by atomic mass is 79.9. The summed E-state index contributed by atoms with van der Waals surface area (Å²) in [5, 5.41) is 0. The molecule has 0 saturated carbocycles. The predicted molar refractivity (Wildman–Crippen MR) is 85.4 cm³/mol. The molecule has 0 N–H and O–H groups in total. The van der Waals surface area contributed by atoms with Gasteiger partial charge in [0.2, 0.25) is 0 Å². The lowest BCUT2D eigenvalue weighted by molar-refractivity contribution is 0.626. The van der Waals surface area contributed by atoms with Gasteiger partial charge in [-0.1, -0.05) is 76.0 Å². The zero-order valence-corrected chi connectivity index (χ0v) is 14.0. The van der Waals surface area contributed by atoms with Gasteiger partial charge in [-0.05, 0) is 34.7 Å². The van der Waals surface area contributed by atoms with E-state index in [9.17, 15) is 4.39 Å². The van der Waals surface area contributed by atoms with Gasteiger partial charge in [0.15, 0.2) is 0 Å². The van der Waals surface area contributed by atoms with Crippen LogP contribution in [0.2, 0.25) is 0 Å². The lowest BCUT2D eigenvalue weighted by Gasteiger charge is -2.14. The Morgan fingerprint density at radius 2 is 1.53 bits per heavy atom. The van der Waals surface area contributed by atoms with Crippen LogP contribution in [0.3, 0.4) is 0 Å². The van der Waals surface area contributed by atoms with E-state index in [1.165, 1.54) is 17.7 Å². The van der Waals surface area contributed by atoms with Crippen molar-refractivity contribution < 1.29 is 4.39 Å². The van der Waals surface area contributed by atoms with Gasteiger partial charge < -0.3 is 0 Å². The summed E-state index contributed by atoms with van der Waals surface area (Å²) < 4.78 is 13.9. The first-order valence-electron chi connectivity index (χ1n) is 6.18. The Bertz CT molecular complexity index is 561. The van der Waals surface area contributed by atoms with Crippen LogP contribution in [0.1, 0.15) is 41.3 Å². The fraction of sp³-hybridized carbons (Fsp3) is 0.250. The minimum absolute atomic E-state index is 0.0590. The number of hydrogen-bond donors (Lipinski definition) is 0. The van der Waals surface area contributed by atoms with Crippen molar-refractivity contribution >= 4 is 31.9 Å². The van der Waals surface area contributed by atoms with Crippen LogP contribution in [0.4, 0.5) is 4.39 Å². The molecule has 19 heavy (non-hydrogen) atoms. The van der Waals surface area contributed by atoms with E-state index < -0.39 is 0 Å². The van der Waals surface area contributed by atoms with Crippen molar-refractivity contribution in [3.05, 3.63) is 69.4 Å². The molecule has 1 atom stereocenters. The number of rotatable bonds is 3. The molecule has 0 amide bonds. The Hall–Kier alpha value is -0.670. The fourth-order valence-corrected chi connectivity index (χ4v) is 3.53. The summed E-state index contributed by atoms with van der Waals surface area (Å²) in [5.74, 6) is 0.297. The van der Waals surface area contributed by atoms with Gasteiger partial charge in [-0.15, -0.1) is 0 Å². The first-order valence-corrected chi connectivity index (χ1v) is 7.88. The predicted octanol–water partition coefficient (Wildman–Crippen LogP) is 6.20. The molecular formula is C16H15Br2F. The highest BCUT2D eigenvalue weighted by molar-refractivity contribution is 9.11. The van der Waals surface area contributed by atoms with Gasteiger partial charge in [0.1, 0.15) is 5.82 Å². The molecule has 0 nitrogen and oxygen atoms in total. The quantitative estimate of drug-likeness (QED) is 0.552. The lowest BCUT2D eigenvalue weighted by atomic mass is 9.99.